The van der Waals surface area contributed by atoms with E-state index in [-0.39, 0.29) is 17.1 Å². The SMILES string of the molecule is Cc1ccccc1Oc1cccc(C=O)c1O. The summed E-state index contributed by atoms with van der Waals surface area (Å²) in [6, 6.07) is 12.3. The van der Waals surface area contributed by atoms with Crippen LogP contribution in [0.3, 0.4) is 0 Å². The number of ether oxygens (including phenoxy) is 1. The second-order valence-electron chi connectivity index (χ2n) is 3.68. The van der Waals surface area contributed by atoms with Gasteiger partial charge in [-0.1, -0.05) is 24.3 Å². The molecule has 0 heterocycles. The standard InChI is InChI=1S/C14H12O3/c1-10-5-2-3-7-12(10)17-13-8-4-6-11(9-15)14(13)16/h2-9,16H,1H3. The molecule has 0 saturated carbocycles. The van der Waals surface area contributed by atoms with E-state index in [4.69, 9.17) is 4.74 Å². The zero-order valence-corrected chi connectivity index (χ0v) is 9.38. The van der Waals surface area contributed by atoms with Gasteiger partial charge in [-0.25, -0.2) is 0 Å². The third-order valence-corrected chi connectivity index (χ3v) is 2.47. The van der Waals surface area contributed by atoms with Crippen molar-refractivity contribution in [3.63, 3.8) is 0 Å². The molecule has 2 rings (SSSR count). The predicted octanol–water partition coefficient (Wildman–Crippen LogP) is 3.31. The van der Waals surface area contributed by atoms with Crippen molar-refractivity contribution in [1.82, 2.24) is 0 Å². The van der Waals surface area contributed by atoms with Crippen LogP contribution in [0.2, 0.25) is 0 Å². The van der Waals surface area contributed by atoms with Gasteiger partial charge in [0.1, 0.15) is 5.75 Å². The highest BCUT2D eigenvalue weighted by Gasteiger charge is 2.09. The Kier molecular flexibility index (Phi) is 3.10. The van der Waals surface area contributed by atoms with Gasteiger partial charge in [0, 0.05) is 0 Å². The molecule has 0 radical (unpaired) electrons. The Morgan fingerprint density at radius 1 is 1.06 bits per heavy atom. The average molecular weight is 228 g/mol. The number of aryl methyl sites for hydroxylation is 1. The second-order valence-corrected chi connectivity index (χ2v) is 3.68. The van der Waals surface area contributed by atoms with Crippen molar-refractivity contribution in [3.8, 4) is 17.2 Å². The van der Waals surface area contributed by atoms with Gasteiger partial charge < -0.3 is 9.84 Å². The fraction of sp³-hybridized carbons (Fsp3) is 0.0714. The minimum absolute atomic E-state index is 0.134. The monoisotopic (exact) mass is 228 g/mol. The lowest BCUT2D eigenvalue weighted by Crippen LogP contribution is -1.90. The lowest BCUT2D eigenvalue weighted by Gasteiger charge is -2.10. The van der Waals surface area contributed by atoms with E-state index >= 15 is 0 Å². The third-order valence-electron chi connectivity index (χ3n) is 2.47. The molecule has 0 atom stereocenters. The highest BCUT2D eigenvalue weighted by atomic mass is 16.5. The van der Waals surface area contributed by atoms with Crippen LogP contribution in [0, 0.1) is 6.92 Å². The molecule has 0 bridgehead atoms. The van der Waals surface area contributed by atoms with Crippen LogP contribution in [-0.2, 0) is 0 Å². The van der Waals surface area contributed by atoms with E-state index in [1.165, 1.54) is 6.07 Å². The molecule has 2 aromatic rings. The molecule has 0 saturated heterocycles. The molecular weight excluding hydrogens is 216 g/mol. The minimum atomic E-state index is -0.134. The largest absolute Gasteiger partial charge is 0.504 e. The number of benzene rings is 2. The minimum Gasteiger partial charge on any atom is -0.504 e. The van der Waals surface area contributed by atoms with Crippen LogP contribution in [0.25, 0.3) is 0 Å². The molecule has 3 nitrogen and oxygen atoms in total. The van der Waals surface area contributed by atoms with E-state index < -0.39 is 0 Å². The Morgan fingerprint density at radius 2 is 1.76 bits per heavy atom. The van der Waals surface area contributed by atoms with Crippen molar-refractivity contribution >= 4 is 6.29 Å². The zero-order valence-electron chi connectivity index (χ0n) is 9.38. The Labute approximate surface area is 99.3 Å². The maximum absolute atomic E-state index is 10.7. The van der Waals surface area contributed by atoms with Gasteiger partial charge in [0.05, 0.1) is 5.56 Å². The van der Waals surface area contributed by atoms with E-state index in [2.05, 4.69) is 0 Å². The first-order valence-corrected chi connectivity index (χ1v) is 5.23. The highest BCUT2D eigenvalue weighted by Crippen LogP contribution is 2.33. The fourth-order valence-corrected chi connectivity index (χ4v) is 1.51. The summed E-state index contributed by atoms with van der Waals surface area (Å²) in [5.41, 5.74) is 1.18. The van der Waals surface area contributed by atoms with Crippen molar-refractivity contribution in [3.05, 3.63) is 53.6 Å². The van der Waals surface area contributed by atoms with Gasteiger partial charge in [0.2, 0.25) is 0 Å². The molecular formula is C14H12O3. The van der Waals surface area contributed by atoms with Gasteiger partial charge in [-0.15, -0.1) is 0 Å². The molecule has 0 aliphatic rings. The molecule has 86 valence electrons. The molecule has 1 N–H and O–H groups in total. The number of aldehydes is 1. The fourth-order valence-electron chi connectivity index (χ4n) is 1.51. The molecule has 3 heteroatoms. The van der Waals surface area contributed by atoms with Crippen LogP contribution >= 0.6 is 0 Å². The summed E-state index contributed by atoms with van der Waals surface area (Å²) in [5.74, 6) is 0.806. The van der Waals surface area contributed by atoms with Gasteiger partial charge in [-0.2, -0.15) is 0 Å². The number of carbonyl (C=O) groups excluding carboxylic acids is 1. The van der Waals surface area contributed by atoms with Crippen molar-refractivity contribution in [2.24, 2.45) is 0 Å². The number of carbonyl (C=O) groups is 1. The van der Waals surface area contributed by atoms with Crippen LogP contribution in [-0.4, -0.2) is 11.4 Å². The maximum atomic E-state index is 10.7. The molecule has 0 unspecified atom stereocenters. The first kappa shape index (κ1) is 11.2. The number of hydrogen-bond donors (Lipinski definition) is 1. The van der Waals surface area contributed by atoms with Crippen LogP contribution in [0.4, 0.5) is 0 Å². The van der Waals surface area contributed by atoms with Gasteiger partial charge in [-0.3, -0.25) is 4.79 Å². The van der Waals surface area contributed by atoms with E-state index in [0.29, 0.717) is 12.0 Å². The topological polar surface area (TPSA) is 46.5 Å². The summed E-state index contributed by atoms with van der Waals surface area (Å²) in [5, 5.41) is 9.78. The third kappa shape index (κ3) is 2.28. The molecule has 0 aromatic heterocycles. The first-order valence-electron chi connectivity index (χ1n) is 5.23. The molecule has 0 aliphatic heterocycles. The summed E-state index contributed by atoms with van der Waals surface area (Å²) in [6.07, 6.45) is 0.597. The van der Waals surface area contributed by atoms with Crippen LogP contribution < -0.4 is 4.74 Å². The van der Waals surface area contributed by atoms with Gasteiger partial charge >= 0.3 is 0 Å². The summed E-state index contributed by atoms with van der Waals surface area (Å²) in [7, 11) is 0. The number of phenols is 1. The molecule has 0 aliphatic carbocycles. The Bertz CT molecular complexity index is 547. The van der Waals surface area contributed by atoms with Gasteiger partial charge in [0.25, 0.3) is 0 Å². The van der Waals surface area contributed by atoms with Crippen molar-refractivity contribution < 1.29 is 14.6 Å². The van der Waals surface area contributed by atoms with E-state index in [1.807, 2.05) is 31.2 Å². The summed E-state index contributed by atoms with van der Waals surface area (Å²) in [4.78, 5) is 10.7. The van der Waals surface area contributed by atoms with E-state index in [9.17, 15) is 9.90 Å². The highest BCUT2D eigenvalue weighted by molar-refractivity contribution is 5.80. The Morgan fingerprint density at radius 3 is 2.47 bits per heavy atom. The molecule has 0 spiro atoms. The van der Waals surface area contributed by atoms with Crippen LogP contribution in [0.15, 0.2) is 42.5 Å². The first-order chi connectivity index (χ1) is 8.22. The lowest BCUT2D eigenvalue weighted by atomic mass is 10.2. The molecule has 2 aromatic carbocycles. The van der Waals surface area contributed by atoms with Gasteiger partial charge in [-0.05, 0) is 30.7 Å². The van der Waals surface area contributed by atoms with Crippen molar-refractivity contribution in [2.45, 2.75) is 6.92 Å². The Hall–Kier alpha value is -2.29. The van der Waals surface area contributed by atoms with E-state index in [1.54, 1.807) is 12.1 Å². The lowest BCUT2D eigenvalue weighted by molar-refractivity contribution is 0.112. The number of aromatic hydroxyl groups is 1. The zero-order chi connectivity index (χ0) is 12.3. The number of para-hydroxylation sites is 2. The molecule has 0 amide bonds. The maximum Gasteiger partial charge on any atom is 0.169 e. The number of phenolic OH excluding ortho intramolecular Hbond substituents is 1. The van der Waals surface area contributed by atoms with E-state index in [0.717, 1.165) is 5.56 Å². The second kappa shape index (κ2) is 4.70. The smallest absolute Gasteiger partial charge is 0.169 e. The number of rotatable bonds is 3. The summed E-state index contributed by atoms with van der Waals surface area (Å²) >= 11 is 0. The van der Waals surface area contributed by atoms with Gasteiger partial charge in [0.15, 0.2) is 17.8 Å². The van der Waals surface area contributed by atoms with Crippen molar-refractivity contribution in [1.29, 1.82) is 0 Å². The molecule has 0 fully saturated rings. The average Bonchev–Trinajstić information content (AvgIpc) is 2.34. The Balaban J connectivity index is 2.37. The van der Waals surface area contributed by atoms with Crippen molar-refractivity contribution in [2.75, 3.05) is 0 Å². The quantitative estimate of drug-likeness (QED) is 0.820. The summed E-state index contributed by atoms with van der Waals surface area (Å²) in [6.45, 7) is 1.91. The normalized spacial score (nSPS) is 9.94. The number of hydrogen-bond acceptors (Lipinski definition) is 3. The van der Waals surface area contributed by atoms with Crippen LogP contribution in [0.1, 0.15) is 15.9 Å². The molecule has 17 heavy (non-hydrogen) atoms. The summed E-state index contributed by atoms with van der Waals surface area (Å²) < 4.78 is 5.57. The predicted molar refractivity (Wildman–Crippen MR) is 64.7 cm³/mol. The van der Waals surface area contributed by atoms with Crippen LogP contribution in [0.5, 0.6) is 17.2 Å².